The molecule has 43 heavy (non-hydrogen) atoms. The van der Waals surface area contributed by atoms with Crippen molar-refractivity contribution in [3.05, 3.63) is 109 Å². The number of rotatable bonds is 6. The van der Waals surface area contributed by atoms with Crippen molar-refractivity contribution in [1.82, 2.24) is 24.4 Å². The van der Waals surface area contributed by atoms with Crippen LogP contribution in [0.5, 0.6) is 5.75 Å². The molecule has 1 aliphatic heterocycles. The van der Waals surface area contributed by atoms with E-state index >= 15 is 4.39 Å². The van der Waals surface area contributed by atoms with Crippen LogP contribution in [0.3, 0.4) is 0 Å². The number of fused-ring (bicyclic) bond motifs is 3. The molecule has 0 unspecified atom stereocenters. The van der Waals surface area contributed by atoms with Crippen molar-refractivity contribution in [1.29, 1.82) is 0 Å². The Hall–Kier alpha value is -4.45. The fraction of sp³-hybridized carbons (Fsp3) is 0.300. The van der Waals surface area contributed by atoms with Gasteiger partial charge < -0.3 is 10.1 Å². The molecular formula is C30H27ClF3N5O4. The van der Waals surface area contributed by atoms with Crippen molar-refractivity contribution in [3.8, 4) is 17.3 Å². The van der Waals surface area contributed by atoms with E-state index in [0.29, 0.717) is 37.1 Å². The number of aryl methyl sites for hydroxylation is 2. The molecule has 1 amide bonds. The van der Waals surface area contributed by atoms with Crippen LogP contribution in [0.4, 0.5) is 13.2 Å². The van der Waals surface area contributed by atoms with Crippen LogP contribution in [0.1, 0.15) is 58.9 Å². The van der Waals surface area contributed by atoms with E-state index in [0.717, 1.165) is 9.13 Å². The van der Waals surface area contributed by atoms with Gasteiger partial charge in [0.1, 0.15) is 28.8 Å². The number of aromatic nitrogens is 4. The molecule has 13 heteroatoms. The summed E-state index contributed by atoms with van der Waals surface area (Å²) >= 11 is 6.37. The minimum absolute atomic E-state index is 0.164. The van der Waals surface area contributed by atoms with Crippen LogP contribution in [0.25, 0.3) is 11.5 Å². The van der Waals surface area contributed by atoms with Gasteiger partial charge in [0.05, 0.1) is 20.2 Å². The fourth-order valence-corrected chi connectivity index (χ4v) is 5.25. The van der Waals surface area contributed by atoms with Gasteiger partial charge in [-0.05, 0) is 57.2 Å². The van der Waals surface area contributed by atoms with Gasteiger partial charge >= 0.3 is 0 Å². The highest BCUT2D eigenvalue weighted by Crippen LogP contribution is 2.31. The van der Waals surface area contributed by atoms with Crippen molar-refractivity contribution in [2.24, 2.45) is 0 Å². The first-order valence-corrected chi connectivity index (χ1v) is 13.6. The molecule has 0 bridgehead atoms. The van der Waals surface area contributed by atoms with E-state index in [1.165, 1.54) is 37.5 Å². The van der Waals surface area contributed by atoms with E-state index in [4.69, 9.17) is 19.1 Å². The van der Waals surface area contributed by atoms with Gasteiger partial charge in [0, 0.05) is 42.7 Å². The second-order valence-electron chi connectivity index (χ2n) is 10.5. The number of amides is 1. The van der Waals surface area contributed by atoms with Crippen molar-refractivity contribution in [2.45, 2.75) is 58.6 Å². The minimum Gasteiger partial charge on any atom is -0.485 e. The number of nitrogens with zero attached hydrogens (tertiary/aromatic N) is 4. The summed E-state index contributed by atoms with van der Waals surface area (Å²) in [6.07, 6.45) is 5.00. The lowest BCUT2D eigenvalue weighted by atomic mass is 9.95. The van der Waals surface area contributed by atoms with E-state index in [1.807, 2.05) is 0 Å². The predicted octanol–water partition coefficient (Wildman–Crippen LogP) is 4.68. The summed E-state index contributed by atoms with van der Waals surface area (Å²) in [6.45, 7) is 1.59. The molecule has 5 heterocycles. The number of hydrogen-bond acceptors (Lipinski definition) is 6. The molecule has 1 aliphatic rings. The molecule has 4 aromatic rings. The average molecular weight is 616 g/mol. The van der Waals surface area contributed by atoms with Gasteiger partial charge in [0.15, 0.2) is 17.5 Å². The third kappa shape index (κ3) is 5.79. The molecule has 0 radical (unpaired) electrons. The third-order valence-electron chi connectivity index (χ3n) is 7.00. The van der Waals surface area contributed by atoms with Crippen molar-refractivity contribution in [3.63, 3.8) is 0 Å². The first-order chi connectivity index (χ1) is 21.1. The largest absolute Gasteiger partial charge is 0.485 e. The molecule has 0 aromatic carbocycles. The van der Waals surface area contributed by atoms with Gasteiger partial charge in [-0.1, -0.05) is 11.6 Å². The summed E-state index contributed by atoms with van der Waals surface area (Å²) in [7, 11) is 0. The summed E-state index contributed by atoms with van der Waals surface area (Å²) in [5, 5.41) is 2.06. The number of halogens is 4. The predicted molar refractivity (Wildman–Crippen MR) is 152 cm³/mol. The van der Waals surface area contributed by atoms with Crippen LogP contribution in [-0.2, 0) is 29.7 Å². The summed E-state index contributed by atoms with van der Waals surface area (Å²) in [6, 6.07) is 4.70. The zero-order valence-corrected chi connectivity index (χ0v) is 24.1. The molecule has 0 fully saturated rings. The topological polar surface area (TPSA) is 108 Å². The number of ether oxygens (including phenoxy) is 1. The maximum Gasteiger partial charge on any atom is 0.278 e. The number of pyridine rings is 4. The van der Waals surface area contributed by atoms with Crippen LogP contribution < -0.4 is 21.2 Å². The first-order valence-electron chi connectivity index (χ1n) is 14.3. The lowest BCUT2D eigenvalue weighted by molar-refractivity contribution is -0.120. The molecule has 0 spiro atoms. The Morgan fingerprint density at radius 2 is 1.88 bits per heavy atom. The highest BCUT2D eigenvalue weighted by molar-refractivity contribution is 6.31. The number of carbonyl (C=O) groups is 1. The molecule has 0 aliphatic carbocycles. The summed E-state index contributed by atoms with van der Waals surface area (Å²) < 4.78 is 68.1. The molecular weight excluding hydrogens is 587 g/mol. The monoisotopic (exact) mass is 615 g/mol. The van der Waals surface area contributed by atoms with Crippen LogP contribution >= 0.6 is 11.6 Å². The van der Waals surface area contributed by atoms with Crippen LogP contribution in [0.15, 0.2) is 52.4 Å². The van der Waals surface area contributed by atoms with Crippen molar-refractivity contribution in [2.75, 3.05) is 0 Å². The Morgan fingerprint density at radius 1 is 1.14 bits per heavy atom. The maximum atomic E-state index is 16.6. The number of nitrogens with one attached hydrogen (secondary N) is 1. The Kier molecular flexibility index (Phi) is 7.44. The Bertz CT molecular complexity index is 1970. The third-order valence-corrected chi connectivity index (χ3v) is 7.35. The lowest BCUT2D eigenvalue weighted by Gasteiger charge is -2.26. The quantitative estimate of drug-likeness (QED) is 0.338. The van der Waals surface area contributed by atoms with Gasteiger partial charge in [-0.3, -0.25) is 28.5 Å². The minimum atomic E-state index is -2.97. The van der Waals surface area contributed by atoms with E-state index < -0.39 is 63.0 Å². The smallest absolute Gasteiger partial charge is 0.278 e. The normalized spacial score (nSPS) is 14.0. The zero-order chi connectivity index (χ0) is 32.8. The number of hydrogen-bond donors (Lipinski definition) is 1. The molecule has 0 saturated heterocycles. The van der Waals surface area contributed by atoms with Gasteiger partial charge in [-0.15, -0.1) is 0 Å². The maximum absolute atomic E-state index is 16.6. The van der Waals surface area contributed by atoms with Gasteiger partial charge in [0.25, 0.3) is 11.1 Å². The molecule has 4 aromatic heterocycles. The van der Waals surface area contributed by atoms with E-state index in [9.17, 15) is 23.2 Å². The lowest BCUT2D eigenvalue weighted by Crippen LogP contribution is -2.44. The zero-order valence-electron chi connectivity index (χ0n) is 25.3. The average Bonchev–Trinajstić information content (AvgIpc) is 2.92. The van der Waals surface area contributed by atoms with E-state index in [-0.39, 0.29) is 29.3 Å². The first kappa shape index (κ1) is 27.4. The molecule has 9 nitrogen and oxygen atoms in total. The fourth-order valence-electron chi connectivity index (χ4n) is 5.07. The van der Waals surface area contributed by atoms with Gasteiger partial charge in [-0.25, -0.2) is 18.2 Å². The molecule has 1 N–H and O–H groups in total. The Labute approximate surface area is 251 Å². The number of carbonyl (C=O) groups excluding carboxylic acids is 1. The standard InChI is InChI=1S/C30H27ClF3N5O4/c1-16(40)37-30(2,3)20-9-6-10-38(28(20)41)27-25(34)26-17(13-36-27)7-4-5-8-19-12-23(24(31)29(42)39(19)26)43-15-22-21(33)11-18(32)14-35-22/h6,9-14H,4-5,7-8,15H2,1-3H3,(H,37,40)/i15D2. The molecule has 224 valence electrons. The van der Waals surface area contributed by atoms with E-state index in [1.54, 1.807) is 13.8 Å². The summed E-state index contributed by atoms with van der Waals surface area (Å²) in [5.74, 6) is -4.55. The highest BCUT2D eigenvalue weighted by Gasteiger charge is 2.29. The van der Waals surface area contributed by atoms with Crippen LogP contribution in [0, 0.1) is 17.5 Å². The molecule has 0 atom stereocenters. The SMILES string of the molecule is [2H]C([2H])(Oc1cc2n(c(=O)c1Cl)-c1c(cnc(-n3cccc(C(C)(C)NC(C)=O)c3=O)c1F)CCCC2)c1ncc(F)cc1F. The molecule has 5 rings (SSSR count). The van der Waals surface area contributed by atoms with Crippen LogP contribution in [-0.4, -0.2) is 25.0 Å². The highest BCUT2D eigenvalue weighted by atomic mass is 35.5. The second-order valence-corrected chi connectivity index (χ2v) is 10.9. The Balaban J connectivity index is 1.66. The molecule has 0 saturated carbocycles. The summed E-state index contributed by atoms with van der Waals surface area (Å²) in [4.78, 5) is 46.7. The van der Waals surface area contributed by atoms with Gasteiger partial charge in [-0.2, -0.15) is 0 Å². The van der Waals surface area contributed by atoms with Crippen molar-refractivity contribution < 1.29 is 25.4 Å². The second kappa shape index (κ2) is 11.7. The van der Waals surface area contributed by atoms with E-state index in [2.05, 4.69) is 15.3 Å². The van der Waals surface area contributed by atoms with Crippen LogP contribution in [0.2, 0.25) is 5.02 Å². The van der Waals surface area contributed by atoms with Crippen molar-refractivity contribution >= 4 is 17.5 Å². The van der Waals surface area contributed by atoms with Gasteiger partial charge in [0.2, 0.25) is 5.91 Å². The Morgan fingerprint density at radius 3 is 2.60 bits per heavy atom. The summed E-state index contributed by atoms with van der Waals surface area (Å²) in [5.41, 5.74) is -3.04.